The minimum absolute atomic E-state index is 0.00489. The average Bonchev–Trinajstić information content (AvgIpc) is 2.53. The maximum absolute atomic E-state index is 11.5. The zero-order valence-electron chi connectivity index (χ0n) is 12.7. The third kappa shape index (κ3) is 8.60. The Balaban J connectivity index is 0.000000567. The topological polar surface area (TPSA) is 72.8 Å². The first kappa shape index (κ1) is 18.9. The van der Waals surface area contributed by atoms with Gasteiger partial charge < -0.3 is 14.6 Å². The number of methoxy groups -OCH3 is 1. The van der Waals surface area contributed by atoms with Gasteiger partial charge in [0.1, 0.15) is 0 Å². The number of rotatable bonds is 5. The first-order valence-electron chi connectivity index (χ1n) is 6.39. The molecule has 0 heterocycles. The average molecular weight is 294 g/mol. The SMILES string of the molecule is C=CC(=O)OC.CC(C)(CO)COC(=O)c1ccccc1. The molecule has 5 nitrogen and oxygen atoms in total. The molecule has 1 rings (SSSR count). The molecule has 0 saturated heterocycles. The number of ether oxygens (including phenoxy) is 2. The van der Waals surface area contributed by atoms with Crippen LogP contribution in [0.5, 0.6) is 0 Å². The molecule has 0 aliphatic heterocycles. The van der Waals surface area contributed by atoms with Gasteiger partial charge in [-0.3, -0.25) is 0 Å². The summed E-state index contributed by atoms with van der Waals surface area (Å²) < 4.78 is 9.23. The van der Waals surface area contributed by atoms with Gasteiger partial charge in [0.15, 0.2) is 0 Å². The predicted molar refractivity (Wildman–Crippen MR) is 79.8 cm³/mol. The van der Waals surface area contributed by atoms with Crippen LogP contribution < -0.4 is 0 Å². The van der Waals surface area contributed by atoms with Crippen LogP contribution in [-0.2, 0) is 14.3 Å². The number of hydrogen-bond donors (Lipinski definition) is 1. The fourth-order valence-corrected chi connectivity index (χ4v) is 1.05. The van der Waals surface area contributed by atoms with Crippen molar-refractivity contribution in [2.45, 2.75) is 13.8 Å². The summed E-state index contributed by atoms with van der Waals surface area (Å²) in [6.45, 7) is 7.05. The zero-order valence-corrected chi connectivity index (χ0v) is 12.7. The van der Waals surface area contributed by atoms with Crippen molar-refractivity contribution in [3.8, 4) is 0 Å². The number of aliphatic hydroxyl groups is 1. The van der Waals surface area contributed by atoms with Crippen molar-refractivity contribution in [3.05, 3.63) is 48.6 Å². The summed E-state index contributed by atoms with van der Waals surface area (Å²) in [6, 6.07) is 8.82. The van der Waals surface area contributed by atoms with Crippen molar-refractivity contribution < 1.29 is 24.2 Å². The van der Waals surface area contributed by atoms with Crippen molar-refractivity contribution in [1.29, 1.82) is 0 Å². The molecule has 0 unspecified atom stereocenters. The number of carbonyl (C=O) groups excluding carboxylic acids is 2. The first-order chi connectivity index (χ1) is 9.86. The summed E-state index contributed by atoms with van der Waals surface area (Å²) in [5, 5.41) is 8.99. The van der Waals surface area contributed by atoms with Gasteiger partial charge in [0.25, 0.3) is 0 Å². The summed E-state index contributed by atoms with van der Waals surface area (Å²) in [7, 11) is 1.31. The molecule has 0 bridgehead atoms. The van der Waals surface area contributed by atoms with E-state index in [9.17, 15) is 9.59 Å². The van der Waals surface area contributed by atoms with Crippen LogP contribution >= 0.6 is 0 Å². The van der Waals surface area contributed by atoms with Gasteiger partial charge in [0, 0.05) is 11.5 Å². The molecule has 0 amide bonds. The molecule has 1 aromatic carbocycles. The maximum atomic E-state index is 11.5. The lowest BCUT2D eigenvalue weighted by Gasteiger charge is -2.20. The molecule has 0 fully saturated rings. The highest BCUT2D eigenvalue weighted by Gasteiger charge is 2.19. The fourth-order valence-electron chi connectivity index (χ4n) is 1.05. The largest absolute Gasteiger partial charge is 0.466 e. The molecule has 116 valence electrons. The highest BCUT2D eigenvalue weighted by atomic mass is 16.5. The molecule has 1 N–H and O–H groups in total. The Hall–Kier alpha value is -2.14. The van der Waals surface area contributed by atoms with Crippen molar-refractivity contribution >= 4 is 11.9 Å². The van der Waals surface area contributed by atoms with Crippen LogP contribution in [0, 0.1) is 5.41 Å². The third-order valence-corrected chi connectivity index (χ3v) is 2.40. The number of aliphatic hydroxyl groups excluding tert-OH is 1. The van der Waals surface area contributed by atoms with Crippen LogP contribution in [0.3, 0.4) is 0 Å². The van der Waals surface area contributed by atoms with Crippen LogP contribution in [0.4, 0.5) is 0 Å². The van der Waals surface area contributed by atoms with Crippen LogP contribution in [0.15, 0.2) is 43.0 Å². The second kappa shape index (κ2) is 9.72. The monoisotopic (exact) mass is 294 g/mol. The Morgan fingerprint density at radius 3 is 2.24 bits per heavy atom. The summed E-state index contributed by atoms with van der Waals surface area (Å²) in [4.78, 5) is 21.3. The number of hydrogen-bond acceptors (Lipinski definition) is 5. The van der Waals surface area contributed by atoms with Gasteiger partial charge in [-0.25, -0.2) is 9.59 Å². The van der Waals surface area contributed by atoms with Gasteiger partial charge >= 0.3 is 11.9 Å². The van der Waals surface area contributed by atoms with Gasteiger partial charge in [0.2, 0.25) is 0 Å². The van der Waals surface area contributed by atoms with E-state index in [1.807, 2.05) is 19.9 Å². The van der Waals surface area contributed by atoms with E-state index in [1.54, 1.807) is 24.3 Å². The van der Waals surface area contributed by atoms with Crippen LogP contribution in [0.2, 0.25) is 0 Å². The molecule has 0 aromatic heterocycles. The Bertz CT molecular complexity index is 451. The smallest absolute Gasteiger partial charge is 0.338 e. The molecule has 0 radical (unpaired) electrons. The summed E-state index contributed by atoms with van der Waals surface area (Å²) in [6.07, 6.45) is 1.11. The summed E-state index contributed by atoms with van der Waals surface area (Å²) in [5.41, 5.74) is 0.149. The zero-order chi connectivity index (χ0) is 16.3. The van der Waals surface area contributed by atoms with E-state index in [1.165, 1.54) is 7.11 Å². The maximum Gasteiger partial charge on any atom is 0.338 e. The quantitative estimate of drug-likeness (QED) is 0.666. The molecular formula is C16H22O5. The lowest BCUT2D eigenvalue weighted by Crippen LogP contribution is -2.25. The van der Waals surface area contributed by atoms with E-state index < -0.39 is 5.97 Å². The highest BCUT2D eigenvalue weighted by Crippen LogP contribution is 2.14. The second-order valence-corrected chi connectivity index (χ2v) is 4.99. The lowest BCUT2D eigenvalue weighted by atomic mass is 9.96. The van der Waals surface area contributed by atoms with Gasteiger partial charge in [-0.1, -0.05) is 38.6 Å². The molecule has 0 aliphatic rings. The van der Waals surface area contributed by atoms with Crippen molar-refractivity contribution in [1.82, 2.24) is 0 Å². The highest BCUT2D eigenvalue weighted by molar-refractivity contribution is 5.89. The Kier molecular flexibility index (Phi) is 8.73. The molecule has 5 heteroatoms. The van der Waals surface area contributed by atoms with Crippen molar-refractivity contribution in [2.75, 3.05) is 20.3 Å². The van der Waals surface area contributed by atoms with Gasteiger partial charge in [-0.2, -0.15) is 0 Å². The van der Waals surface area contributed by atoms with E-state index in [0.717, 1.165) is 6.08 Å². The third-order valence-electron chi connectivity index (χ3n) is 2.40. The molecule has 1 aromatic rings. The van der Waals surface area contributed by atoms with Gasteiger partial charge in [0.05, 0.1) is 25.9 Å². The van der Waals surface area contributed by atoms with Crippen LogP contribution in [-0.4, -0.2) is 37.4 Å². The van der Waals surface area contributed by atoms with E-state index >= 15 is 0 Å². The Labute approximate surface area is 125 Å². The number of benzene rings is 1. The molecule has 0 aliphatic carbocycles. The van der Waals surface area contributed by atoms with Crippen molar-refractivity contribution in [3.63, 3.8) is 0 Å². The number of esters is 2. The molecule has 0 saturated carbocycles. The minimum atomic E-state index is -0.394. The van der Waals surface area contributed by atoms with E-state index in [0.29, 0.717) is 5.56 Å². The van der Waals surface area contributed by atoms with Crippen LogP contribution in [0.25, 0.3) is 0 Å². The first-order valence-corrected chi connectivity index (χ1v) is 6.39. The van der Waals surface area contributed by atoms with E-state index in [4.69, 9.17) is 9.84 Å². The fraction of sp³-hybridized carbons (Fsp3) is 0.375. The minimum Gasteiger partial charge on any atom is -0.466 e. The Morgan fingerprint density at radius 1 is 1.29 bits per heavy atom. The molecule has 0 atom stereocenters. The lowest BCUT2D eigenvalue weighted by molar-refractivity contribution is -0.134. The van der Waals surface area contributed by atoms with Gasteiger partial charge in [-0.15, -0.1) is 0 Å². The molecule has 0 spiro atoms. The summed E-state index contributed by atoms with van der Waals surface area (Å²) >= 11 is 0. The molecular weight excluding hydrogens is 272 g/mol. The second-order valence-electron chi connectivity index (χ2n) is 4.99. The van der Waals surface area contributed by atoms with E-state index in [2.05, 4.69) is 11.3 Å². The standard InChI is InChI=1S/C12H16O3.C4H6O2/c1-12(2,8-13)9-15-11(14)10-6-4-3-5-7-10;1-3-4(5)6-2/h3-7,13H,8-9H2,1-2H3;3H,1H2,2H3. The Morgan fingerprint density at radius 2 is 1.86 bits per heavy atom. The van der Waals surface area contributed by atoms with Crippen molar-refractivity contribution in [2.24, 2.45) is 5.41 Å². The van der Waals surface area contributed by atoms with E-state index in [-0.39, 0.29) is 24.6 Å². The number of carbonyl (C=O) groups is 2. The predicted octanol–water partition coefficient (Wildman–Crippen LogP) is 2.21. The van der Waals surface area contributed by atoms with Crippen LogP contribution in [0.1, 0.15) is 24.2 Å². The van der Waals surface area contributed by atoms with Gasteiger partial charge in [-0.05, 0) is 12.1 Å². The molecule has 21 heavy (non-hydrogen) atoms. The normalized spacial score (nSPS) is 9.90. The summed E-state index contributed by atoms with van der Waals surface area (Å²) in [5.74, 6) is -0.743.